The van der Waals surface area contributed by atoms with Crippen LogP contribution < -0.4 is 4.90 Å². The van der Waals surface area contributed by atoms with E-state index in [0.717, 1.165) is 11.3 Å². The Labute approximate surface area is 203 Å². The van der Waals surface area contributed by atoms with E-state index in [9.17, 15) is 19.5 Å². The number of methoxy groups -OCH3 is 1. The first-order valence-electron chi connectivity index (χ1n) is 10.5. The molecule has 5 heterocycles. The maximum absolute atomic E-state index is 13.4. The van der Waals surface area contributed by atoms with Gasteiger partial charge >= 0.3 is 11.9 Å². The Morgan fingerprint density at radius 2 is 1.91 bits per heavy atom. The largest absolute Gasteiger partial charge is 0.505 e. The number of thiazole rings is 1. The van der Waals surface area contributed by atoms with Crippen LogP contribution in [0.5, 0.6) is 0 Å². The first-order chi connectivity index (χ1) is 16.8. The van der Waals surface area contributed by atoms with Gasteiger partial charge in [-0.05, 0) is 37.6 Å². The van der Waals surface area contributed by atoms with Crippen LogP contribution in [0, 0.1) is 13.8 Å². The van der Waals surface area contributed by atoms with Gasteiger partial charge in [-0.1, -0.05) is 23.5 Å². The molecule has 1 aliphatic rings. The highest BCUT2D eigenvalue weighted by molar-refractivity contribution is 7.17. The molecule has 10 nitrogen and oxygen atoms in total. The van der Waals surface area contributed by atoms with Gasteiger partial charge in [0.2, 0.25) is 0 Å². The molecule has 5 rings (SSSR count). The maximum atomic E-state index is 13.4. The lowest BCUT2D eigenvalue weighted by Crippen LogP contribution is -2.29. The molecule has 0 bridgehead atoms. The minimum atomic E-state index is -1.02. The van der Waals surface area contributed by atoms with E-state index in [2.05, 4.69) is 15.0 Å². The van der Waals surface area contributed by atoms with Gasteiger partial charge in [0.15, 0.2) is 10.9 Å². The second-order valence-corrected chi connectivity index (χ2v) is 8.81. The fourth-order valence-corrected chi connectivity index (χ4v) is 5.19. The van der Waals surface area contributed by atoms with Gasteiger partial charge in [0.1, 0.15) is 16.2 Å². The van der Waals surface area contributed by atoms with E-state index in [1.807, 2.05) is 6.07 Å². The topological polar surface area (TPSA) is 127 Å². The Morgan fingerprint density at radius 1 is 1.11 bits per heavy atom. The molecule has 1 aliphatic heterocycles. The zero-order valence-electron chi connectivity index (χ0n) is 18.9. The summed E-state index contributed by atoms with van der Waals surface area (Å²) in [4.78, 5) is 53.2. The summed E-state index contributed by atoms with van der Waals surface area (Å²) in [6, 6.07) is 7.70. The number of imidazole rings is 1. The number of aryl methyl sites for hydroxylation is 2. The van der Waals surface area contributed by atoms with E-state index in [1.165, 1.54) is 18.2 Å². The fourth-order valence-electron chi connectivity index (χ4n) is 4.18. The number of nitrogens with zero attached hydrogens (tertiary/aromatic N) is 5. The molecule has 1 unspecified atom stereocenters. The Morgan fingerprint density at radius 3 is 2.63 bits per heavy atom. The summed E-state index contributed by atoms with van der Waals surface area (Å²) in [5, 5.41) is 11.6. The molecular weight excluding hydrogens is 470 g/mol. The number of anilines is 1. The van der Waals surface area contributed by atoms with Crippen LogP contribution in [0.1, 0.15) is 38.4 Å². The van der Waals surface area contributed by atoms with Gasteiger partial charge in [0.05, 0.1) is 30.1 Å². The number of rotatable bonds is 4. The van der Waals surface area contributed by atoms with E-state index < -0.39 is 23.7 Å². The number of esters is 1. The third kappa shape index (κ3) is 3.48. The van der Waals surface area contributed by atoms with Gasteiger partial charge in [-0.15, -0.1) is 0 Å². The molecule has 0 radical (unpaired) electrons. The van der Waals surface area contributed by atoms with Crippen molar-refractivity contribution in [1.29, 1.82) is 0 Å². The van der Waals surface area contributed by atoms with Crippen molar-refractivity contribution in [3.05, 3.63) is 82.0 Å². The molecule has 0 saturated carbocycles. The van der Waals surface area contributed by atoms with Crippen molar-refractivity contribution in [2.75, 3.05) is 12.0 Å². The SMILES string of the molecule is COC(=O)c1sc(N2C(=O)C(=O)/C(=C(/O)c3c(C)nc4ccccn34)C2c2cccnc2)nc1C. The summed E-state index contributed by atoms with van der Waals surface area (Å²) < 4.78 is 6.46. The zero-order valence-corrected chi connectivity index (χ0v) is 19.7. The number of pyridine rings is 2. The second-order valence-electron chi connectivity index (χ2n) is 7.83. The van der Waals surface area contributed by atoms with Crippen molar-refractivity contribution < 1.29 is 24.2 Å². The molecule has 1 N–H and O–H groups in total. The first-order valence-corrected chi connectivity index (χ1v) is 11.4. The van der Waals surface area contributed by atoms with Crippen LogP contribution in [0.3, 0.4) is 0 Å². The number of aliphatic hydroxyl groups excluding tert-OH is 1. The predicted octanol–water partition coefficient (Wildman–Crippen LogP) is 3.22. The molecule has 4 aromatic heterocycles. The minimum Gasteiger partial charge on any atom is -0.505 e. The normalized spacial score (nSPS) is 17.3. The van der Waals surface area contributed by atoms with Crippen molar-refractivity contribution in [3.63, 3.8) is 0 Å². The summed E-state index contributed by atoms with van der Waals surface area (Å²) in [5.41, 5.74) is 2.11. The summed E-state index contributed by atoms with van der Waals surface area (Å²) in [6.07, 6.45) is 4.79. The van der Waals surface area contributed by atoms with Gasteiger partial charge in [-0.25, -0.2) is 14.8 Å². The average molecular weight is 490 g/mol. The first kappa shape index (κ1) is 22.4. The monoisotopic (exact) mass is 489 g/mol. The highest BCUT2D eigenvalue weighted by Gasteiger charge is 2.49. The third-order valence-electron chi connectivity index (χ3n) is 5.74. The van der Waals surface area contributed by atoms with E-state index >= 15 is 0 Å². The summed E-state index contributed by atoms with van der Waals surface area (Å²) in [6.45, 7) is 3.33. The summed E-state index contributed by atoms with van der Waals surface area (Å²) in [5.74, 6) is -2.72. The average Bonchev–Trinajstić information content (AvgIpc) is 3.49. The minimum absolute atomic E-state index is 0.121. The van der Waals surface area contributed by atoms with Gasteiger partial charge in [0, 0.05) is 18.6 Å². The lowest BCUT2D eigenvalue weighted by Gasteiger charge is -2.22. The van der Waals surface area contributed by atoms with Gasteiger partial charge in [0.25, 0.3) is 5.78 Å². The van der Waals surface area contributed by atoms with Gasteiger partial charge < -0.3 is 9.84 Å². The van der Waals surface area contributed by atoms with Crippen LogP contribution >= 0.6 is 11.3 Å². The van der Waals surface area contributed by atoms with Crippen molar-refractivity contribution in [3.8, 4) is 0 Å². The number of aliphatic hydroxyl groups is 1. The molecule has 1 saturated heterocycles. The third-order valence-corrected chi connectivity index (χ3v) is 6.87. The number of hydrogen-bond donors (Lipinski definition) is 1. The molecule has 176 valence electrons. The Balaban J connectivity index is 1.76. The molecule has 0 aromatic carbocycles. The number of hydrogen-bond acceptors (Lipinski definition) is 9. The van der Waals surface area contributed by atoms with Crippen LogP contribution in [-0.4, -0.2) is 49.2 Å². The molecule has 1 amide bonds. The molecule has 11 heteroatoms. The van der Waals surface area contributed by atoms with Crippen molar-refractivity contribution in [2.45, 2.75) is 19.9 Å². The number of fused-ring (bicyclic) bond motifs is 1. The standard InChI is InChI=1S/C24H19N5O5S/c1-12-17(28-10-5-4-8-15(28)26-12)19(30)16-18(14-7-6-9-25-11-14)29(22(32)20(16)31)24-27-13(2)21(35-24)23(33)34-3/h4-11,18,30H,1-3H3/b19-16+. The van der Waals surface area contributed by atoms with E-state index in [-0.39, 0.29) is 21.3 Å². The van der Waals surface area contributed by atoms with Crippen molar-refractivity contribution in [1.82, 2.24) is 19.4 Å². The molecule has 0 aliphatic carbocycles. The molecule has 1 atom stereocenters. The Hall–Kier alpha value is -4.38. The number of aromatic nitrogens is 4. The van der Waals surface area contributed by atoms with Gasteiger partial charge in [-0.2, -0.15) is 0 Å². The lowest BCUT2D eigenvalue weighted by molar-refractivity contribution is -0.132. The summed E-state index contributed by atoms with van der Waals surface area (Å²) in [7, 11) is 1.25. The van der Waals surface area contributed by atoms with Crippen LogP contribution in [0.25, 0.3) is 11.4 Å². The summed E-state index contributed by atoms with van der Waals surface area (Å²) >= 11 is 0.936. The second kappa shape index (κ2) is 8.44. The van der Waals surface area contributed by atoms with Crippen LogP contribution in [-0.2, 0) is 14.3 Å². The number of ketones is 1. The van der Waals surface area contributed by atoms with E-state index in [1.54, 1.807) is 54.9 Å². The Bertz CT molecular complexity index is 1540. The predicted molar refractivity (Wildman–Crippen MR) is 127 cm³/mol. The highest BCUT2D eigenvalue weighted by atomic mass is 32.1. The smallest absolute Gasteiger partial charge is 0.350 e. The van der Waals surface area contributed by atoms with E-state index in [0.29, 0.717) is 28.3 Å². The van der Waals surface area contributed by atoms with Crippen LogP contribution in [0.4, 0.5) is 5.13 Å². The molecular formula is C24H19N5O5S. The fraction of sp³-hybridized carbons (Fsp3) is 0.167. The number of Topliss-reactive ketones (excluding diaryl/α,β-unsaturated/α-hetero) is 1. The highest BCUT2D eigenvalue weighted by Crippen LogP contribution is 2.44. The number of carbonyl (C=O) groups is 3. The molecule has 35 heavy (non-hydrogen) atoms. The number of amides is 1. The van der Waals surface area contributed by atoms with Gasteiger partial charge in [-0.3, -0.25) is 23.9 Å². The quantitative estimate of drug-likeness (QED) is 0.200. The van der Waals surface area contributed by atoms with Crippen molar-refractivity contribution >= 4 is 45.5 Å². The molecule has 0 spiro atoms. The van der Waals surface area contributed by atoms with E-state index in [4.69, 9.17) is 4.74 Å². The number of carbonyl (C=O) groups excluding carboxylic acids is 3. The lowest BCUT2D eigenvalue weighted by atomic mass is 9.97. The maximum Gasteiger partial charge on any atom is 0.350 e. The van der Waals surface area contributed by atoms with Crippen LogP contribution in [0.15, 0.2) is 54.5 Å². The zero-order chi connectivity index (χ0) is 24.9. The number of ether oxygens (including phenoxy) is 1. The Kier molecular flexibility index (Phi) is 5.40. The molecule has 1 fully saturated rings. The molecule has 4 aromatic rings. The van der Waals surface area contributed by atoms with Crippen LogP contribution in [0.2, 0.25) is 0 Å². The van der Waals surface area contributed by atoms with Crippen molar-refractivity contribution in [2.24, 2.45) is 0 Å².